The fourth-order valence-corrected chi connectivity index (χ4v) is 2.60. The van der Waals surface area contributed by atoms with Crippen LogP contribution in [0.3, 0.4) is 0 Å². The van der Waals surface area contributed by atoms with Gasteiger partial charge in [-0.25, -0.2) is 9.78 Å². The van der Waals surface area contributed by atoms with E-state index in [1.807, 2.05) is 42.5 Å². The molecular weight excluding hydrogens is 358 g/mol. The number of ether oxygens (including phenoxy) is 1. The van der Waals surface area contributed by atoms with Crippen LogP contribution in [0.15, 0.2) is 67.3 Å². The normalized spacial score (nSPS) is 10.6. The Bertz CT molecular complexity index is 1080. The molecule has 3 heterocycles. The zero-order valence-corrected chi connectivity index (χ0v) is 14.6. The second-order valence-electron chi connectivity index (χ2n) is 5.93. The molecule has 0 aliphatic heterocycles. The molecular formula is C20H15N5O3. The summed E-state index contributed by atoms with van der Waals surface area (Å²) in [6, 6.07) is 13.2. The van der Waals surface area contributed by atoms with Crippen molar-refractivity contribution in [2.45, 2.75) is 6.61 Å². The lowest BCUT2D eigenvalue weighted by Crippen LogP contribution is -2.01. The summed E-state index contributed by atoms with van der Waals surface area (Å²) in [5.74, 6) is -0.451. The van der Waals surface area contributed by atoms with Gasteiger partial charge >= 0.3 is 5.97 Å². The highest BCUT2D eigenvalue weighted by Crippen LogP contribution is 2.20. The molecule has 8 nitrogen and oxygen atoms in total. The van der Waals surface area contributed by atoms with E-state index in [9.17, 15) is 4.79 Å². The van der Waals surface area contributed by atoms with Gasteiger partial charge in [-0.3, -0.25) is 15.1 Å². The minimum absolute atomic E-state index is 0.0886. The first-order valence-electron chi connectivity index (χ1n) is 8.42. The van der Waals surface area contributed by atoms with Crippen molar-refractivity contribution < 1.29 is 14.6 Å². The monoisotopic (exact) mass is 373 g/mol. The number of aromatic carboxylic acids is 1. The van der Waals surface area contributed by atoms with E-state index < -0.39 is 5.97 Å². The molecule has 0 saturated carbocycles. The van der Waals surface area contributed by atoms with Gasteiger partial charge in [0.15, 0.2) is 5.69 Å². The number of H-pyrrole nitrogens is 1. The van der Waals surface area contributed by atoms with E-state index in [1.54, 1.807) is 12.4 Å². The van der Waals surface area contributed by atoms with Crippen LogP contribution in [0.5, 0.6) is 5.75 Å². The second-order valence-corrected chi connectivity index (χ2v) is 5.93. The number of carboxylic acid groups (broad SMARTS) is 1. The molecule has 3 aromatic heterocycles. The van der Waals surface area contributed by atoms with Crippen LogP contribution >= 0.6 is 0 Å². The van der Waals surface area contributed by atoms with Gasteiger partial charge in [-0.1, -0.05) is 18.2 Å². The maximum Gasteiger partial charge on any atom is 0.356 e. The van der Waals surface area contributed by atoms with Crippen LogP contribution in [0.4, 0.5) is 0 Å². The Labute approximate surface area is 159 Å². The van der Waals surface area contributed by atoms with Crippen molar-refractivity contribution in [2.24, 2.45) is 0 Å². The third-order valence-corrected chi connectivity index (χ3v) is 4.01. The van der Waals surface area contributed by atoms with Crippen molar-refractivity contribution in [3.63, 3.8) is 0 Å². The lowest BCUT2D eigenvalue weighted by Gasteiger charge is -2.08. The maximum absolute atomic E-state index is 10.9. The Balaban J connectivity index is 1.44. The number of nitrogens with one attached hydrogen (secondary N) is 1. The van der Waals surface area contributed by atoms with Crippen molar-refractivity contribution in [3.8, 4) is 28.4 Å². The van der Waals surface area contributed by atoms with E-state index in [4.69, 9.17) is 9.84 Å². The fourth-order valence-electron chi connectivity index (χ4n) is 2.60. The number of rotatable bonds is 6. The molecule has 2 N–H and O–H groups in total. The van der Waals surface area contributed by atoms with Gasteiger partial charge in [-0.2, -0.15) is 5.10 Å². The molecule has 0 spiro atoms. The van der Waals surface area contributed by atoms with Crippen LogP contribution < -0.4 is 4.74 Å². The predicted molar refractivity (Wildman–Crippen MR) is 101 cm³/mol. The van der Waals surface area contributed by atoms with Crippen LogP contribution in [0, 0.1) is 0 Å². The summed E-state index contributed by atoms with van der Waals surface area (Å²) in [5, 5.41) is 15.7. The number of pyridine rings is 1. The Kier molecular flexibility index (Phi) is 4.75. The molecule has 0 amide bonds. The van der Waals surface area contributed by atoms with Crippen molar-refractivity contribution in [3.05, 3.63) is 78.5 Å². The van der Waals surface area contributed by atoms with Gasteiger partial charge in [0.1, 0.15) is 12.4 Å². The van der Waals surface area contributed by atoms with Crippen LogP contribution in [0.25, 0.3) is 22.6 Å². The molecule has 0 aliphatic carbocycles. The first-order chi connectivity index (χ1) is 13.7. The number of hydrogen-bond acceptors (Lipinski definition) is 6. The summed E-state index contributed by atoms with van der Waals surface area (Å²) in [4.78, 5) is 23.3. The first-order valence-corrected chi connectivity index (χ1v) is 8.42. The van der Waals surface area contributed by atoms with E-state index in [2.05, 4.69) is 25.1 Å². The largest absolute Gasteiger partial charge is 0.487 e. The number of carboxylic acids is 1. The summed E-state index contributed by atoms with van der Waals surface area (Å²) < 4.78 is 5.80. The standard InChI is InChI=1S/C20H15N5O3/c26-20(27)19-11-22-18(10-23-19)14-3-1-2-13(8-14)12-28-15-4-5-16(21-9-15)17-6-7-24-25-17/h1-11H,12H2,(H,24,25)(H,26,27). The zero-order valence-electron chi connectivity index (χ0n) is 14.6. The number of aromatic amines is 1. The molecule has 138 valence electrons. The third-order valence-electron chi connectivity index (χ3n) is 4.01. The summed E-state index contributed by atoms with van der Waals surface area (Å²) in [6.07, 6.45) is 6.03. The molecule has 0 saturated heterocycles. The van der Waals surface area contributed by atoms with Crippen LogP contribution in [0.1, 0.15) is 16.1 Å². The summed E-state index contributed by atoms with van der Waals surface area (Å²) in [7, 11) is 0. The Hall–Kier alpha value is -4.07. The number of aromatic nitrogens is 5. The van der Waals surface area contributed by atoms with Crippen molar-refractivity contribution in [1.29, 1.82) is 0 Å². The zero-order chi connectivity index (χ0) is 19.3. The maximum atomic E-state index is 10.9. The van der Waals surface area contributed by atoms with Crippen molar-refractivity contribution in [2.75, 3.05) is 0 Å². The molecule has 0 fully saturated rings. The fraction of sp³-hybridized carbons (Fsp3) is 0.0500. The molecule has 28 heavy (non-hydrogen) atoms. The van der Waals surface area contributed by atoms with Crippen LogP contribution in [-0.2, 0) is 6.61 Å². The Morgan fingerprint density at radius 2 is 1.89 bits per heavy atom. The highest BCUT2D eigenvalue weighted by Gasteiger charge is 2.07. The minimum Gasteiger partial charge on any atom is -0.487 e. The molecule has 0 radical (unpaired) electrons. The molecule has 4 aromatic rings. The highest BCUT2D eigenvalue weighted by molar-refractivity contribution is 5.85. The number of benzene rings is 1. The van der Waals surface area contributed by atoms with E-state index in [1.165, 1.54) is 12.4 Å². The predicted octanol–water partition coefficient (Wildman–Crippen LogP) is 3.21. The SMILES string of the molecule is O=C(O)c1cnc(-c2cccc(COc3ccc(-c4ccn[nH]4)nc3)c2)cn1. The molecule has 4 rings (SSSR count). The molecule has 8 heteroatoms. The summed E-state index contributed by atoms with van der Waals surface area (Å²) in [5.41, 5.74) is 3.91. The lowest BCUT2D eigenvalue weighted by molar-refractivity contribution is 0.0690. The van der Waals surface area contributed by atoms with E-state index >= 15 is 0 Å². The first kappa shape index (κ1) is 17.3. The van der Waals surface area contributed by atoms with Crippen LogP contribution in [0.2, 0.25) is 0 Å². The Morgan fingerprint density at radius 3 is 2.57 bits per heavy atom. The molecule has 0 unspecified atom stereocenters. The van der Waals surface area contributed by atoms with Gasteiger partial charge in [0.25, 0.3) is 0 Å². The minimum atomic E-state index is -1.10. The second kappa shape index (κ2) is 7.67. The van der Waals surface area contributed by atoms with Gasteiger partial charge in [0, 0.05) is 11.8 Å². The van der Waals surface area contributed by atoms with Gasteiger partial charge in [-0.15, -0.1) is 0 Å². The summed E-state index contributed by atoms with van der Waals surface area (Å²) in [6.45, 7) is 0.361. The molecule has 0 aliphatic rings. The quantitative estimate of drug-likeness (QED) is 0.533. The molecule has 0 bridgehead atoms. The van der Waals surface area contributed by atoms with Gasteiger partial charge < -0.3 is 9.84 Å². The number of carbonyl (C=O) groups is 1. The van der Waals surface area contributed by atoms with E-state index in [0.717, 1.165) is 22.5 Å². The van der Waals surface area contributed by atoms with Gasteiger partial charge in [0.05, 0.1) is 35.7 Å². The Morgan fingerprint density at radius 1 is 1.00 bits per heavy atom. The molecule has 0 atom stereocenters. The topological polar surface area (TPSA) is 114 Å². The highest BCUT2D eigenvalue weighted by atomic mass is 16.5. The van der Waals surface area contributed by atoms with Crippen molar-refractivity contribution >= 4 is 5.97 Å². The third kappa shape index (κ3) is 3.85. The van der Waals surface area contributed by atoms with Crippen molar-refractivity contribution in [1.82, 2.24) is 25.1 Å². The van der Waals surface area contributed by atoms with E-state index in [0.29, 0.717) is 18.1 Å². The number of nitrogens with zero attached hydrogens (tertiary/aromatic N) is 4. The van der Waals surface area contributed by atoms with Crippen LogP contribution in [-0.4, -0.2) is 36.2 Å². The average Bonchev–Trinajstić information content (AvgIpc) is 3.28. The average molecular weight is 373 g/mol. The number of hydrogen-bond donors (Lipinski definition) is 2. The van der Waals surface area contributed by atoms with E-state index in [-0.39, 0.29) is 5.69 Å². The molecule has 1 aromatic carbocycles. The smallest absolute Gasteiger partial charge is 0.356 e. The lowest BCUT2D eigenvalue weighted by atomic mass is 10.1. The summed E-state index contributed by atoms with van der Waals surface area (Å²) >= 11 is 0. The van der Waals surface area contributed by atoms with Gasteiger partial charge in [-0.05, 0) is 29.8 Å². The van der Waals surface area contributed by atoms with Gasteiger partial charge in [0.2, 0.25) is 0 Å².